The van der Waals surface area contributed by atoms with Crippen LogP contribution in [0.2, 0.25) is 0 Å². The van der Waals surface area contributed by atoms with E-state index in [4.69, 9.17) is 0 Å². The van der Waals surface area contributed by atoms with Gasteiger partial charge in [0.2, 0.25) is 0 Å². The number of hydrogen-bond donors (Lipinski definition) is 1. The maximum absolute atomic E-state index is 3.31. The van der Waals surface area contributed by atoms with Crippen LogP contribution < -0.4 is 5.32 Å². The first-order valence-corrected chi connectivity index (χ1v) is 5.39. The minimum absolute atomic E-state index is 0.457. The maximum atomic E-state index is 3.31. The van der Waals surface area contributed by atoms with Gasteiger partial charge < -0.3 is 5.32 Å². The van der Waals surface area contributed by atoms with E-state index < -0.39 is 0 Å². The van der Waals surface area contributed by atoms with Gasteiger partial charge in [0.15, 0.2) is 0 Å². The van der Waals surface area contributed by atoms with Crippen molar-refractivity contribution in [2.75, 3.05) is 7.05 Å². The molecule has 0 aliphatic heterocycles. The molecule has 1 nitrogen and oxygen atoms in total. The molecule has 0 heterocycles. The van der Waals surface area contributed by atoms with Crippen molar-refractivity contribution in [1.82, 2.24) is 5.32 Å². The number of likely N-dealkylation sites (N-methyl/N-ethyl adjacent to an activating group) is 1. The van der Waals surface area contributed by atoms with Gasteiger partial charge in [-0.2, -0.15) is 0 Å². The smallest absolute Gasteiger partial charge is 0.0246 e. The van der Waals surface area contributed by atoms with Crippen LogP contribution in [-0.2, 0) is 6.42 Å². The number of benzene rings is 1. The van der Waals surface area contributed by atoms with Crippen LogP contribution >= 0.6 is 0 Å². The van der Waals surface area contributed by atoms with E-state index in [0.29, 0.717) is 6.04 Å². The SMILES string of the molecule is CC#CCC(Cc1ccccc1C)NC. The quantitative estimate of drug-likeness (QED) is 0.738. The lowest BCUT2D eigenvalue weighted by atomic mass is 9.99. The molecule has 0 amide bonds. The van der Waals surface area contributed by atoms with Crippen molar-refractivity contribution in [3.05, 3.63) is 35.4 Å². The fourth-order valence-electron chi connectivity index (χ4n) is 1.61. The van der Waals surface area contributed by atoms with Crippen LogP contribution in [0.5, 0.6) is 0 Å². The van der Waals surface area contributed by atoms with Crippen LogP contribution in [0.3, 0.4) is 0 Å². The summed E-state index contributed by atoms with van der Waals surface area (Å²) in [6.45, 7) is 4.05. The molecule has 0 spiro atoms. The summed E-state index contributed by atoms with van der Waals surface area (Å²) < 4.78 is 0. The average molecular weight is 201 g/mol. The standard InChI is InChI=1S/C14H19N/c1-4-5-10-14(15-3)11-13-9-7-6-8-12(13)2/h6-9,14-15H,10-11H2,1-3H3. The van der Waals surface area contributed by atoms with Crippen LogP contribution in [0.15, 0.2) is 24.3 Å². The van der Waals surface area contributed by atoms with E-state index in [0.717, 1.165) is 12.8 Å². The summed E-state index contributed by atoms with van der Waals surface area (Å²) in [5, 5.41) is 3.31. The highest BCUT2D eigenvalue weighted by atomic mass is 14.9. The molecular weight excluding hydrogens is 182 g/mol. The van der Waals surface area contributed by atoms with Crippen LogP contribution in [0.4, 0.5) is 0 Å². The molecule has 0 aromatic heterocycles. The highest BCUT2D eigenvalue weighted by Gasteiger charge is 2.06. The molecular formula is C14H19N. The Hall–Kier alpha value is -1.26. The third-order valence-electron chi connectivity index (χ3n) is 2.66. The van der Waals surface area contributed by atoms with E-state index in [1.54, 1.807) is 0 Å². The molecule has 0 bridgehead atoms. The predicted molar refractivity (Wildman–Crippen MR) is 65.8 cm³/mol. The maximum Gasteiger partial charge on any atom is 0.0246 e. The van der Waals surface area contributed by atoms with E-state index in [1.165, 1.54) is 11.1 Å². The van der Waals surface area contributed by atoms with Gasteiger partial charge in [0, 0.05) is 12.5 Å². The van der Waals surface area contributed by atoms with Gasteiger partial charge in [-0.3, -0.25) is 0 Å². The second-order valence-corrected chi connectivity index (χ2v) is 3.75. The monoisotopic (exact) mass is 201 g/mol. The zero-order valence-corrected chi connectivity index (χ0v) is 9.80. The van der Waals surface area contributed by atoms with Crippen molar-refractivity contribution in [3.8, 4) is 11.8 Å². The molecule has 1 aromatic rings. The minimum Gasteiger partial charge on any atom is -0.316 e. The molecule has 0 radical (unpaired) electrons. The highest BCUT2D eigenvalue weighted by Crippen LogP contribution is 2.10. The molecule has 0 fully saturated rings. The Bertz CT molecular complexity index is 357. The van der Waals surface area contributed by atoms with Crippen molar-refractivity contribution >= 4 is 0 Å². The van der Waals surface area contributed by atoms with Gasteiger partial charge in [-0.1, -0.05) is 24.3 Å². The summed E-state index contributed by atoms with van der Waals surface area (Å²) in [5.41, 5.74) is 2.77. The Kier molecular flexibility index (Phi) is 4.93. The van der Waals surface area contributed by atoms with Gasteiger partial charge in [-0.25, -0.2) is 0 Å². The summed E-state index contributed by atoms with van der Waals surface area (Å²) in [6, 6.07) is 8.99. The van der Waals surface area contributed by atoms with E-state index in [2.05, 4.69) is 48.3 Å². The fraction of sp³-hybridized carbons (Fsp3) is 0.429. The minimum atomic E-state index is 0.457. The summed E-state index contributed by atoms with van der Waals surface area (Å²) in [5.74, 6) is 6.07. The average Bonchev–Trinajstić information content (AvgIpc) is 2.26. The molecule has 1 heteroatoms. The topological polar surface area (TPSA) is 12.0 Å². The summed E-state index contributed by atoms with van der Waals surface area (Å²) >= 11 is 0. The first-order chi connectivity index (χ1) is 7.27. The molecule has 15 heavy (non-hydrogen) atoms. The molecule has 80 valence electrons. The third-order valence-corrected chi connectivity index (χ3v) is 2.66. The van der Waals surface area contributed by atoms with Gasteiger partial charge in [-0.15, -0.1) is 11.8 Å². The highest BCUT2D eigenvalue weighted by molar-refractivity contribution is 5.26. The number of rotatable bonds is 4. The number of hydrogen-bond acceptors (Lipinski definition) is 1. The molecule has 1 unspecified atom stereocenters. The molecule has 1 atom stereocenters. The summed E-state index contributed by atoms with van der Waals surface area (Å²) in [6.07, 6.45) is 1.97. The zero-order chi connectivity index (χ0) is 11.1. The molecule has 1 aromatic carbocycles. The zero-order valence-electron chi connectivity index (χ0n) is 9.80. The largest absolute Gasteiger partial charge is 0.316 e. The Morgan fingerprint density at radius 3 is 2.67 bits per heavy atom. The van der Waals surface area contributed by atoms with Gasteiger partial charge in [0.05, 0.1) is 0 Å². The molecule has 1 N–H and O–H groups in total. The lowest BCUT2D eigenvalue weighted by Gasteiger charge is -2.14. The third kappa shape index (κ3) is 3.77. The van der Waals surface area contributed by atoms with Crippen LogP contribution in [0.25, 0.3) is 0 Å². The van der Waals surface area contributed by atoms with E-state index in [-0.39, 0.29) is 0 Å². The first kappa shape index (κ1) is 11.8. The van der Waals surface area contributed by atoms with E-state index >= 15 is 0 Å². The van der Waals surface area contributed by atoms with Crippen molar-refractivity contribution in [1.29, 1.82) is 0 Å². The second-order valence-electron chi connectivity index (χ2n) is 3.75. The second kappa shape index (κ2) is 6.27. The lowest BCUT2D eigenvalue weighted by molar-refractivity contribution is 0.571. The molecule has 0 aliphatic carbocycles. The lowest BCUT2D eigenvalue weighted by Crippen LogP contribution is -2.27. The fourth-order valence-corrected chi connectivity index (χ4v) is 1.61. The summed E-state index contributed by atoms with van der Waals surface area (Å²) in [4.78, 5) is 0. The number of aryl methyl sites for hydroxylation is 1. The number of nitrogens with one attached hydrogen (secondary N) is 1. The van der Waals surface area contributed by atoms with Gasteiger partial charge in [0.1, 0.15) is 0 Å². The molecule has 0 aliphatic rings. The van der Waals surface area contributed by atoms with Crippen LogP contribution in [0.1, 0.15) is 24.5 Å². The van der Waals surface area contributed by atoms with Gasteiger partial charge in [-0.05, 0) is 38.4 Å². The van der Waals surface area contributed by atoms with Crippen molar-refractivity contribution in [2.24, 2.45) is 0 Å². The Labute approximate surface area is 92.9 Å². The van der Waals surface area contributed by atoms with Crippen molar-refractivity contribution in [3.63, 3.8) is 0 Å². The van der Waals surface area contributed by atoms with Gasteiger partial charge >= 0.3 is 0 Å². The normalized spacial score (nSPS) is 11.7. The Morgan fingerprint density at radius 1 is 1.33 bits per heavy atom. The van der Waals surface area contributed by atoms with E-state index in [1.807, 2.05) is 14.0 Å². The van der Waals surface area contributed by atoms with Crippen LogP contribution in [0, 0.1) is 18.8 Å². The van der Waals surface area contributed by atoms with Crippen LogP contribution in [-0.4, -0.2) is 13.1 Å². The molecule has 0 saturated carbocycles. The first-order valence-electron chi connectivity index (χ1n) is 5.39. The van der Waals surface area contributed by atoms with Gasteiger partial charge in [0.25, 0.3) is 0 Å². The Balaban J connectivity index is 2.65. The Morgan fingerprint density at radius 2 is 2.07 bits per heavy atom. The molecule has 0 saturated heterocycles. The van der Waals surface area contributed by atoms with Crippen molar-refractivity contribution in [2.45, 2.75) is 32.7 Å². The van der Waals surface area contributed by atoms with Crippen molar-refractivity contribution < 1.29 is 0 Å². The predicted octanol–water partition coefficient (Wildman–Crippen LogP) is 2.54. The van der Waals surface area contributed by atoms with E-state index in [9.17, 15) is 0 Å². The molecule has 1 rings (SSSR count). The summed E-state index contributed by atoms with van der Waals surface area (Å²) in [7, 11) is 2.00.